The Hall–Kier alpha value is -2.13. The van der Waals surface area contributed by atoms with Gasteiger partial charge < -0.3 is 9.64 Å². The second-order valence-corrected chi connectivity index (χ2v) is 9.88. The molecule has 9 heteroatoms. The topological polar surface area (TPSA) is 70.2 Å². The first-order valence-corrected chi connectivity index (χ1v) is 12.1. The van der Waals surface area contributed by atoms with Crippen molar-refractivity contribution < 1.29 is 17.9 Å². The number of sulfonamides is 1. The molecular weight excluding hydrogens is 438 g/mol. The van der Waals surface area contributed by atoms with Crippen LogP contribution in [0.5, 0.6) is 5.75 Å². The van der Waals surface area contributed by atoms with Crippen LogP contribution in [0, 0.1) is 0 Å². The highest BCUT2D eigenvalue weighted by molar-refractivity contribution is 7.89. The van der Waals surface area contributed by atoms with Gasteiger partial charge in [0.05, 0.1) is 13.2 Å². The number of carbonyl (C=O) groups excluding carboxylic acids is 1. The maximum atomic E-state index is 13.1. The highest BCUT2D eigenvalue weighted by Crippen LogP contribution is 2.29. The molecule has 1 heterocycles. The van der Waals surface area contributed by atoms with Crippen LogP contribution in [0.1, 0.15) is 12.5 Å². The zero-order chi connectivity index (χ0) is 22.4. The first-order valence-electron chi connectivity index (χ1n) is 10.2. The summed E-state index contributed by atoms with van der Waals surface area (Å²) >= 11 is 6.01. The van der Waals surface area contributed by atoms with Gasteiger partial charge >= 0.3 is 0 Å². The van der Waals surface area contributed by atoms with Crippen LogP contribution in [0.25, 0.3) is 0 Å². The number of ether oxygens (including phenoxy) is 1. The van der Waals surface area contributed by atoms with Crippen LogP contribution in [-0.4, -0.2) is 74.8 Å². The van der Waals surface area contributed by atoms with E-state index >= 15 is 0 Å². The van der Waals surface area contributed by atoms with Crippen molar-refractivity contribution in [1.29, 1.82) is 0 Å². The highest BCUT2D eigenvalue weighted by Gasteiger charge is 2.29. The smallest absolute Gasteiger partial charge is 0.247 e. The molecule has 0 bridgehead atoms. The summed E-state index contributed by atoms with van der Waals surface area (Å²) in [5.74, 6) is 0.00569. The van der Waals surface area contributed by atoms with Crippen LogP contribution in [0.15, 0.2) is 53.4 Å². The molecule has 2 aromatic rings. The molecule has 0 radical (unpaired) electrons. The zero-order valence-corrected chi connectivity index (χ0v) is 19.4. The van der Waals surface area contributed by atoms with Gasteiger partial charge in [-0.2, -0.15) is 4.31 Å². The van der Waals surface area contributed by atoms with E-state index in [9.17, 15) is 13.2 Å². The molecule has 1 amide bonds. The monoisotopic (exact) mass is 465 g/mol. The van der Waals surface area contributed by atoms with Gasteiger partial charge in [-0.05, 0) is 30.7 Å². The molecule has 0 atom stereocenters. The Morgan fingerprint density at radius 2 is 1.77 bits per heavy atom. The maximum absolute atomic E-state index is 13.1. The summed E-state index contributed by atoms with van der Waals surface area (Å²) in [7, 11) is -2.54. The average Bonchev–Trinajstić information content (AvgIpc) is 2.76. The first-order chi connectivity index (χ1) is 14.8. The van der Waals surface area contributed by atoms with Crippen molar-refractivity contribution in [3.63, 3.8) is 0 Å². The lowest BCUT2D eigenvalue weighted by Crippen LogP contribution is -2.51. The number of halogens is 1. The minimum absolute atomic E-state index is 0.0372. The van der Waals surface area contributed by atoms with Crippen LogP contribution < -0.4 is 4.74 Å². The Labute approximate surface area is 189 Å². The number of piperazine rings is 1. The summed E-state index contributed by atoms with van der Waals surface area (Å²) in [6.07, 6.45) is 0. The summed E-state index contributed by atoms with van der Waals surface area (Å²) < 4.78 is 32.6. The third-order valence-corrected chi connectivity index (χ3v) is 7.29. The molecule has 0 saturated carbocycles. The number of rotatable bonds is 8. The van der Waals surface area contributed by atoms with Gasteiger partial charge in [0.15, 0.2) is 0 Å². The standard InChI is InChI=1S/C22H28ClN3O4S/c1-3-30-20-10-9-19(23)15-21(20)31(28,29)24(2)17-22(27)26-13-11-25(12-14-26)16-18-7-5-4-6-8-18/h4-10,15H,3,11-14,16-17H2,1-2H3. The van der Waals surface area contributed by atoms with Gasteiger partial charge in [-0.15, -0.1) is 0 Å². The molecule has 0 aliphatic carbocycles. The molecule has 3 rings (SSSR count). The molecular formula is C22H28ClN3O4S. The van der Waals surface area contributed by atoms with Crippen molar-refractivity contribution in [3.05, 3.63) is 59.1 Å². The minimum atomic E-state index is -3.93. The largest absolute Gasteiger partial charge is 0.492 e. The predicted molar refractivity (Wildman–Crippen MR) is 121 cm³/mol. The molecule has 1 saturated heterocycles. The molecule has 1 fully saturated rings. The number of hydrogen-bond donors (Lipinski definition) is 0. The van der Waals surface area contributed by atoms with E-state index in [2.05, 4.69) is 17.0 Å². The zero-order valence-electron chi connectivity index (χ0n) is 17.8. The van der Waals surface area contributed by atoms with Gasteiger partial charge in [0, 0.05) is 44.8 Å². The summed E-state index contributed by atoms with van der Waals surface area (Å²) in [5.41, 5.74) is 1.24. The lowest BCUT2D eigenvalue weighted by molar-refractivity contribution is -0.133. The highest BCUT2D eigenvalue weighted by atomic mass is 35.5. The summed E-state index contributed by atoms with van der Waals surface area (Å²) in [5, 5.41) is 0.288. The van der Waals surface area contributed by atoms with E-state index in [1.54, 1.807) is 17.9 Å². The quantitative estimate of drug-likeness (QED) is 0.599. The molecule has 0 spiro atoms. The Morgan fingerprint density at radius 1 is 1.10 bits per heavy atom. The number of hydrogen-bond acceptors (Lipinski definition) is 5. The number of amides is 1. The molecule has 1 aliphatic heterocycles. The van der Waals surface area contributed by atoms with E-state index in [-0.39, 0.29) is 28.1 Å². The Balaban J connectivity index is 1.60. The van der Waals surface area contributed by atoms with Gasteiger partial charge in [-0.1, -0.05) is 41.9 Å². The second kappa shape index (κ2) is 10.5. The predicted octanol–water partition coefficient (Wildman–Crippen LogP) is 2.70. The van der Waals surface area contributed by atoms with E-state index in [0.717, 1.165) is 23.9 Å². The number of benzene rings is 2. The number of likely N-dealkylation sites (N-methyl/N-ethyl adjacent to an activating group) is 1. The molecule has 7 nitrogen and oxygen atoms in total. The van der Waals surface area contributed by atoms with Crippen LogP contribution in [0.4, 0.5) is 0 Å². The van der Waals surface area contributed by atoms with E-state index < -0.39 is 10.0 Å². The third-order valence-electron chi connectivity index (χ3n) is 5.23. The SMILES string of the molecule is CCOc1ccc(Cl)cc1S(=O)(=O)N(C)CC(=O)N1CCN(Cc2ccccc2)CC1. The maximum Gasteiger partial charge on any atom is 0.247 e. The fraction of sp³-hybridized carbons (Fsp3) is 0.409. The third kappa shape index (κ3) is 5.98. The summed E-state index contributed by atoms with van der Waals surface area (Å²) in [6.45, 7) is 5.34. The van der Waals surface area contributed by atoms with E-state index in [1.807, 2.05) is 18.2 Å². The van der Waals surface area contributed by atoms with Crippen LogP contribution in [0.2, 0.25) is 5.02 Å². The molecule has 168 valence electrons. The minimum Gasteiger partial charge on any atom is -0.492 e. The van der Waals surface area contributed by atoms with E-state index in [4.69, 9.17) is 16.3 Å². The van der Waals surface area contributed by atoms with Crippen molar-refractivity contribution in [2.45, 2.75) is 18.4 Å². The van der Waals surface area contributed by atoms with Gasteiger partial charge in [-0.3, -0.25) is 9.69 Å². The van der Waals surface area contributed by atoms with Gasteiger partial charge in [0.25, 0.3) is 0 Å². The van der Waals surface area contributed by atoms with Crippen LogP contribution in [-0.2, 0) is 21.4 Å². The first kappa shape index (κ1) is 23.5. The number of carbonyl (C=O) groups is 1. The van der Waals surface area contributed by atoms with Crippen molar-refractivity contribution in [1.82, 2.24) is 14.1 Å². The van der Waals surface area contributed by atoms with Crippen LogP contribution in [0.3, 0.4) is 0 Å². The van der Waals surface area contributed by atoms with Gasteiger partial charge in [-0.25, -0.2) is 8.42 Å². The molecule has 2 aromatic carbocycles. The Kier molecular flexibility index (Phi) is 7.94. The fourth-order valence-corrected chi connectivity index (χ4v) is 5.01. The summed E-state index contributed by atoms with van der Waals surface area (Å²) in [4.78, 5) is 16.7. The van der Waals surface area contributed by atoms with Crippen molar-refractivity contribution in [2.24, 2.45) is 0 Å². The molecule has 0 aromatic heterocycles. The molecule has 1 aliphatic rings. The molecule has 0 unspecified atom stereocenters. The molecule has 0 N–H and O–H groups in total. The Bertz CT molecular complexity index is 993. The second-order valence-electron chi connectivity index (χ2n) is 7.43. The van der Waals surface area contributed by atoms with E-state index in [0.29, 0.717) is 19.7 Å². The van der Waals surface area contributed by atoms with E-state index in [1.165, 1.54) is 24.7 Å². The fourth-order valence-electron chi connectivity index (χ4n) is 3.50. The molecule has 31 heavy (non-hydrogen) atoms. The van der Waals surface area contributed by atoms with Crippen molar-refractivity contribution in [2.75, 3.05) is 46.4 Å². The van der Waals surface area contributed by atoms with Crippen LogP contribution >= 0.6 is 11.6 Å². The average molecular weight is 466 g/mol. The Morgan fingerprint density at radius 3 is 2.42 bits per heavy atom. The van der Waals surface area contributed by atoms with Crippen molar-refractivity contribution in [3.8, 4) is 5.75 Å². The normalized spacial score (nSPS) is 15.3. The van der Waals surface area contributed by atoms with Gasteiger partial charge in [0.2, 0.25) is 15.9 Å². The number of nitrogens with zero attached hydrogens (tertiary/aromatic N) is 3. The van der Waals surface area contributed by atoms with Gasteiger partial charge in [0.1, 0.15) is 10.6 Å². The van der Waals surface area contributed by atoms with Crippen molar-refractivity contribution >= 4 is 27.5 Å². The lowest BCUT2D eigenvalue weighted by atomic mass is 10.2. The summed E-state index contributed by atoms with van der Waals surface area (Å²) in [6, 6.07) is 14.7. The lowest BCUT2D eigenvalue weighted by Gasteiger charge is -2.35.